The summed E-state index contributed by atoms with van der Waals surface area (Å²) < 4.78 is 0. The normalized spacial score (nSPS) is 26.9. The Balaban J connectivity index is 2.21. The molecule has 0 amide bonds. The Morgan fingerprint density at radius 2 is 1.04 bits per heavy atom. The largest absolute Gasteiger partial charge is 0.385 e. The SMILES string of the molecule is O=C1CCCCCCCCCC/C=C/CCCCCCCCC1O. The van der Waals surface area contributed by atoms with Crippen LogP contribution in [-0.4, -0.2) is 17.0 Å². The first kappa shape index (κ1) is 21.4. The highest BCUT2D eigenvalue weighted by atomic mass is 16.3. The Morgan fingerprint density at radius 1 is 0.625 bits per heavy atom. The summed E-state index contributed by atoms with van der Waals surface area (Å²) >= 11 is 0. The Hall–Kier alpha value is -0.630. The predicted octanol–water partition coefficient (Wildman–Crippen LogP) is 6.51. The molecule has 0 heterocycles. The summed E-state index contributed by atoms with van der Waals surface area (Å²) in [4.78, 5) is 11.9. The molecule has 0 fully saturated rings. The second kappa shape index (κ2) is 15.9. The highest BCUT2D eigenvalue weighted by Crippen LogP contribution is 2.14. The van der Waals surface area contributed by atoms with Gasteiger partial charge in [0.2, 0.25) is 0 Å². The first-order valence-corrected chi connectivity index (χ1v) is 10.7. The van der Waals surface area contributed by atoms with E-state index in [1.807, 2.05) is 0 Å². The van der Waals surface area contributed by atoms with Crippen molar-refractivity contribution >= 4 is 5.78 Å². The number of carbonyl (C=O) groups is 1. The summed E-state index contributed by atoms with van der Waals surface area (Å²) in [6.07, 6.45) is 25.1. The lowest BCUT2D eigenvalue weighted by atomic mass is 10.0. The third-order valence-corrected chi connectivity index (χ3v) is 5.18. The van der Waals surface area contributed by atoms with Gasteiger partial charge in [-0.25, -0.2) is 0 Å². The topological polar surface area (TPSA) is 37.3 Å². The van der Waals surface area contributed by atoms with Crippen LogP contribution in [0.5, 0.6) is 0 Å². The number of aliphatic hydroxyl groups is 1. The zero-order valence-corrected chi connectivity index (χ0v) is 15.8. The van der Waals surface area contributed by atoms with Crippen LogP contribution >= 0.6 is 0 Å². The summed E-state index contributed by atoms with van der Waals surface area (Å²) in [5.74, 6) is 0.0731. The third-order valence-electron chi connectivity index (χ3n) is 5.18. The summed E-state index contributed by atoms with van der Waals surface area (Å²) in [5, 5.41) is 9.94. The van der Waals surface area contributed by atoms with Crippen LogP contribution in [0.4, 0.5) is 0 Å². The van der Waals surface area contributed by atoms with Crippen LogP contribution in [0.3, 0.4) is 0 Å². The van der Waals surface area contributed by atoms with E-state index in [0.717, 1.165) is 25.7 Å². The molecule has 0 aromatic heterocycles. The summed E-state index contributed by atoms with van der Waals surface area (Å²) in [5.41, 5.74) is 0. The van der Waals surface area contributed by atoms with Crippen molar-refractivity contribution in [3.63, 3.8) is 0 Å². The highest BCUT2D eigenvalue weighted by molar-refractivity contribution is 5.82. The van der Waals surface area contributed by atoms with E-state index in [-0.39, 0.29) is 5.78 Å². The van der Waals surface area contributed by atoms with Gasteiger partial charge in [0.1, 0.15) is 6.10 Å². The minimum Gasteiger partial charge on any atom is -0.385 e. The van der Waals surface area contributed by atoms with Crippen molar-refractivity contribution in [1.82, 2.24) is 0 Å². The molecule has 1 atom stereocenters. The van der Waals surface area contributed by atoms with Crippen molar-refractivity contribution in [2.75, 3.05) is 0 Å². The molecule has 1 unspecified atom stereocenters. The lowest BCUT2D eigenvalue weighted by Crippen LogP contribution is -2.19. The summed E-state index contributed by atoms with van der Waals surface area (Å²) in [6.45, 7) is 0. The van der Waals surface area contributed by atoms with Crippen LogP contribution in [0.25, 0.3) is 0 Å². The van der Waals surface area contributed by atoms with Gasteiger partial charge in [-0.05, 0) is 38.5 Å². The second-order valence-corrected chi connectivity index (χ2v) is 7.52. The molecule has 2 heteroatoms. The van der Waals surface area contributed by atoms with Gasteiger partial charge in [0.25, 0.3) is 0 Å². The van der Waals surface area contributed by atoms with Crippen LogP contribution in [-0.2, 0) is 4.79 Å². The maximum Gasteiger partial charge on any atom is 0.161 e. The summed E-state index contributed by atoms with van der Waals surface area (Å²) in [6, 6.07) is 0. The van der Waals surface area contributed by atoms with Gasteiger partial charge in [0.05, 0.1) is 0 Å². The van der Waals surface area contributed by atoms with E-state index < -0.39 is 6.10 Å². The first-order chi connectivity index (χ1) is 11.8. The molecule has 1 aliphatic carbocycles. The standard InChI is InChI=1S/C22H40O2/c23-21-19-17-15-13-11-9-7-5-3-1-2-4-6-8-10-12-14-16-18-20-22(21)24/h1,3,21,23H,2,4-20H2/b3-1+. The van der Waals surface area contributed by atoms with Gasteiger partial charge < -0.3 is 5.11 Å². The molecule has 140 valence electrons. The van der Waals surface area contributed by atoms with Crippen molar-refractivity contribution in [1.29, 1.82) is 0 Å². The number of hydrogen-bond donors (Lipinski definition) is 1. The Labute approximate surface area is 150 Å². The molecule has 24 heavy (non-hydrogen) atoms. The summed E-state index contributed by atoms with van der Waals surface area (Å²) in [7, 11) is 0. The number of allylic oxidation sites excluding steroid dienone is 2. The van der Waals surface area contributed by atoms with Gasteiger partial charge in [-0.1, -0.05) is 82.8 Å². The van der Waals surface area contributed by atoms with Crippen LogP contribution in [0.2, 0.25) is 0 Å². The molecule has 1 N–H and O–H groups in total. The van der Waals surface area contributed by atoms with Gasteiger partial charge in [-0.2, -0.15) is 0 Å². The van der Waals surface area contributed by atoms with Crippen LogP contribution < -0.4 is 0 Å². The van der Waals surface area contributed by atoms with Crippen LogP contribution in [0, 0.1) is 0 Å². The van der Waals surface area contributed by atoms with Gasteiger partial charge >= 0.3 is 0 Å². The molecule has 0 aromatic carbocycles. The number of rotatable bonds is 0. The van der Waals surface area contributed by atoms with E-state index in [9.17, 15) is 9.90 Å². The number of aliphatic hydroxyl groups excluding tert-OH is 1. The smallest absolute Gasteiger partial charge is 0.161 e. The Bertz CT molecular complexity index is 322. The Morgan fingerprint density at radius 3 is 1.58 bits per heavy atom. The van der Waals surface area contributed by atoms with E-state index in [1.165, 1.54) is 77.0 Å². The predicted molar refractivity (Wildman–Crippen MR) is 103 cm³/mol. The van der Waals surface area contributed by atoms with E-state index in [4.69, 9.17) is 0 Å². The van der Waals surface area contributed by atoms with Crippen molar-refractivity contribution < 1.29 is 9.90 Å². The molecular weight excluding hydrogens is 296 g/mol. The second-order valence-electron chi connectivity index (χ2n) is 7.52. The molecule has 0 aromatic rings. The zero-order chi connectivity index (χ0) is 17.3. The molecule has 0 saturated carbocycles. The average Bonchev–Trinajstić information content (AvgIpc) is 2.58. The number of ketones is 1. The Kier molecular flexibility index (Phi) is 14.2. The van der Waals surface area contributed by atoms with Gasteiger partial charge in [0, 0.05) is 6.42 Å². The van der Waals surface area contributed by atoms with Gasteiger partial charge in [0.15, 0.2) is 5.78 Å². The average molecular weight is 337 g/mol. The molecule has 0 bridgehead atoms. The fourth-order valence-corrected chi connectivity index (χ4v) is 3.49. The van der Waals surface area contributed by atoms with E-state index >= 15 is 0 Å². The minimum absolute atomic E-state index is 0.0731. The van der Waals surface area contributed by atoms with Crippen molar-refractivity contribution in [2.45, 2.75) is 122 Å². The fourth-order valence-electron chi connectivity index (χ4n) is 3.49. The zero-order valence-electron chi connectivity index (χ0n) is 15.8. The highest BCUT2D eigenvalue weighted by Gasteiger charge is 2.13. The lowest BCUT2D eigenvalue weighted by Gasteiger charge is -2.09. The van der Waals surface area contributed by atoms with Crippen molar-refractivity contribution in [3.05, 3.63) is 12.2 Å². The molecule has 0 radical (unpaired) electrons. The monoisotopic (exact) mass is 336 g/mol. The first-order valence-electron chi connectivity index (χ1n) is 10.7. The quantitative estimate of drug-likeness (QED) is 0.512. The van der Waals surface area contributed by atoms with E-state index in [1.54, 1.807) is 0 Å². The third kappa shape index (κ3) is 12.8. The van der Waals surface area contributed by atoms with Crippen LogP contribution in [0.1, 0.15) is 116 Å². The van der Waals surface area contributed by atoms with Crippen LogP contribution in [0.15, 0.2) is 12.2 Å². The van der Waals surface area contributed by atoms with Crippen molar-refractivity contribution in [3.8, 4) is 0 Å². The van der Waals surface area contributed by atoms with Gasteiger partial charge in [-0.3, -0.25) is 4.79 Å². The van der Waals surface area contributed by atoms with E-state index in [0.29, 0.717) is 12.8 Å². The molecule has 0 spiro atoms. The number of hydrogen-bond acceptors (Lipinski definition) is 2. The maximum atomic E-state index is 11.9. The van der Waals surface area contributed by atoms with Crippen molar-refractivity contribution in [2.24, 2.45) is 0 Å². The molecule has 1 aliphatic rings. The lowest BCUT2D eigenvalue weighted by molar-refractivity contribution is -0.127. The molecule has 2 nitrogen and oxygen atoms in total. The maximum absolute atomic E-state index is 11.9. The molecular formula is C22H40O2. The number of carbonyl (C=O) groups excluding carboxylic acids is 1. The fraction of sp³-hybridized carbons (Fsp3) is 0.864. The van der Waals surface area contributed by atoms with E-state index in [2.05, 4.69) is 12.2 Å². The molecule has 0 saturated heterocycles. The molecule has 0 aliphatic heterocycles. The molecule has 1 rings (SSSR count). The van der Waals surface area contributed by atoms with Gasteiger partial charge in [-0.15, -0.1) is 0 Å². The minimum atomic E-state index is -0.701. The number of Topliss-reactive ketones (excluding diaryl/α,β-unsaturated/α-hetero) is 1.